The number of nitrogens with one attached hydrogen (secondary N) is 1. The number of carboxylic acids is 1. The zero-order valence-electron chi connectivity index (χ0n) is 10.4. The van der Waals surface area contributed by atoms with E-state index < -0.39 is 11.9 Å². The summed E-state index contributed by atoms with van der Waals surface area (Å²) in [7, 11) is 1.72. The summed E-state index contributed by atoms with van der Waals surface area (Å²) in [5.41, 5.74) is 0.427. The van der Waals surface area contributed by atoms with E-state index in [1.807, 2.05) is 0 Å². The molecule has 20 heavy (non-hydrogen) atoms. The Bertz CT molecular complexity index is 697. The number of carbonyl (C=O) groups is 2. The molecule has 1 aromatic carbocycles. The zero-order chi connectivity index (χ0) is 14.9. The van der Waals surface area contributed by atoms with E-state index in [0.29, 0.717) is 5.69 Å². The molecule has 0 saturated heterocycles. The number of benzene rings is 1. The second-order valence-corrected chi connectivity index (χ2v) is 5.40. The van der Waals surface area contributed by atoms with Gasteiger partial charge < -0.3 is 15.0 Å². The first kappa shape index (κ1) is 14.6. The third-order valence-electron chi connectivity index (χ3n) is 2.68. The number of carboxylic acid groups (broad SMARTS) is 1. The minimum absolute atomic E-state index is 0.0726. The summed E-state index contributed by atoms with van der Waals surface area (Å²) in [6, 6.07) is 6.16. The number of rotatable bonds is 3. The minimum atomic E-state index is -1.20. The Morgan fingerprint density at radius 2 is 2.10 bits per heavy atom. The molecule has 2 N–H and O–H groups in total. The van der Waals surface area contributed by atoms with Crippen molar-refractivity contribution in [2.24, 2.45) is 7.05 Å². The Kier molecular flexibility index (Phi) is 4.15. The number of hydrogen-bond donors (Lipinski definition) is 2. The molecule has 0 atom stereocenters. The van der Waals surface area contributed by atoms with Gasteiger partial charge in [0.15, 0.2) is 0 Å². The van der Waals surface area contributed by atoms with Crippen molar-refractivity contribution in [1.82, 2.24) is 4.57 Å². The van der Waals surface area contributed by atoms with Gasteiger partial charge in [-0.1, -0.05) is 17.7 Å². The quantitative estimate of drug-likeness (QED) is 0.884. The molecule has 0 radical (unpaired) electrons. The van der Waals surface area contributed by atoms with E-state index in [0.717, 1.165) is 4.47 Å². The van der Waals surface area contributed by atoms with Crippen molar-refractivity contribution in [2.75, 3.05) is 5.32 Å². The number of hydrogen-bond acceptors (Lipinski definition) is 2. The zero-order valence-corrected chi connectivity index (χ0v) is 12.7. The molecule has 5 nitrogen and oxygen atoms in total. The molecule has 0 spiro atoms. The molecule has 0 bridgehead atoms. The lowest BCUT2D eigenvalue weighted by atomic mass is 10.1. The number of carbonyl (C=O) groups excluding carboxylic acids is 1. The first-order valence-corrected chi connectivity index (χ1v) is 6.72. The summed E-state index contributed by atoms with van der Waals surface area (Å²) in [5.74, 6) is -1.61. The van der Waals surface area contributed by atoms with Crippen LogP contribution in [-0.4, -0.2) is 21.6 Å². The van der Waals surface area contributed by atoms with E-state index >= 15 is 0 Å². The van der Waals surface area contributed by atoms with Crippen LogP contribution in [0.3, 0.4) is 0 Å². The predicted molar refractivity (Wildman–Crippen MR) is 79.5 cm³/mol. The molecule has 104 valence electrons. The van der Waals surface area contributed by atoms with E-state index in [1.54, 1.807) is 29.9 Å². The summed E-state index contributed by atoms with van der Waals surface area (Å²) in [5, 5.41) is 11.8. The molecule has 0 aliphatic heterocycles. The van der Waals surface area contributed by atoms with Gasteiger partial charge in [-0.3, -0.25) is 4.79 Å². The summed E-state index contributed by atoms with van der Waals surface area (Å²) < 4.78 is 2.39. The number of halogens is 2. The monoisotopic (exact) mass is 356 g/mol. The van der Waals surface area contributed by atoms with Crippen LogP contribution in [0.25, 0.3) is 0 Å². The molecule has 1 aromatic heterocycles. The highest BCUT2D eigenvalue weighted by atomic mass is 79.9. The SMILES string of the molecule is Cn1cc(Br)cc1C(=O)Nc1cccc(Cl)c1C(=O)O. The Balaban J connectivity index is 2.36. The van der Waals surface area contributed by atoms with Crippen molar-refractivity contribution in [3.05, 3.63) is 51.2 Å². The third kappa shape index (κ3) is 2.86. The first-order chi connectivity index (χ1) is 9.40. The van der Waals surface area contributed by atoms with Crippen LogP contribution < -0.4 is 5.32 Å². The van der Waals surface area contributed by atoms with Crippen LogP contribution in [-0.2, 0) is 7.05 Å². The molecule has 1 amide bonds. The van der Waals surface area contributed by atoms with Gasteiger partial charge in [0.1, 0.15) is 11.3 Å². The second kappa shape index (κ2) is 5.68. The van der Waals surface area contributed by atoms with Gasteiger partial charge in [-0.05, 0) is 34.1 Å². The van der Waals surface area contributed by atoms with E-state index in [1.165, 1.54) is 12.1 Å². The van der Waals surface area contributed by atoms with Crippen molar-refractivity contribution in [3.8, 4) is 0 Å². The fourth-order valence-electron chi connectivity index (χ4n) is 1.78. The van der Waals surface area contributed by atoms with E-state index in [-0.39, 0.29) is 16.3 Å². The van der Waals surface area contributed by atoms with E-state index in [2.05, 4.69) is 21.2 Å². The van der Waals surface area contributed by atoms with Gasteiger partial charge in [-0.25, -0.2) is 4.79 Å². The van der Waals surface area contributed by atoms with E-state index in [9.17, 15) is 9.59 Å². The lowest BCUT2D eigenvalue weighted by Gasteiger charge is -2.10. The fraction of sp³-hybridized carbons (Fsp3) is 0.0769. The second-order valence-electron chi connectivity index (χ2n) is 4.08. The first-order valence-electron chi connectivity index (χ1n) is 5.55. The number of aromatic carboxylic acids is 1. The number of anilines is 1. The average Bonchev–Trinajstić information content (AvgIpc) is 2.68. The van der Waals surface area contributed by atoms with Crippen molar-refractivity contribution in [2.45, 2.75) is 0 Å². The molecule has 0 unspecified atom stereocenters. The van der Waals surface area contributed by atoms with Crippen LogP contribution in [0.4, 0.5) is 5.69 Å². The molecule has 2 aromatic rings. The number of nitrogens with zero attached hydrogens (tertiary/aromatic N) is 1. The Morgan fingerprint density at radius 1 is 1.40 bits per heavy atom. The predicted octanol–water partition coefficient (Wildman–Crippen LogP) is 3.39. The molecular formula is C13H10BrClN2O3. The van der Waals surface area contributed by atoms with Crippen molar-refractivity contribution >= 4 is 45.1 Å². The summed E-state index contributed by atoms with van der Waals surface area (Å²) >= 11 is 9.11. The van der Waals surface area contributed by atoms with Crippen molar-refractivity contribution in [3.63, 3.8) is 0 Å². The molecular weight excluding hydrogens is 348 g/mol. The van der Waals surface area contributed by atoms with Crippen LogP contribution in [0.1, 0.15) is 20.8 Å². The Hall–Kier alpha value is -1.79. The highest BCUT2D eigenvalue weighted by molar-refractivity contribution is 9.10. The van der Waals surface area contributed by atoms with Crippen molar-refractivity contribution < 1.29 is 14.7 Å². The number of aryl methyl sites for hydroxylation is 1. The van der Waals surface area contributed by atoms with Crippen LogP contribution in [0, 0.1) is 0 Å². The van der Waals surface area contributed by atoms with Gasteiger partial charge in [0.25, 0.3) is 5.91 Å². The van der Waals surface area contributed by atoms with Gasteiger partial charge in [-0.15, -0.1) is 0 Å². The van der Waals surface area contributed by atoms with Gasteiger partial charge in [0, 0.05) is 17.7 Å². The topological polar surface area (TPSA) is 71.3 Å². The maximum atomic E-state index is 12.1. The number of amides is 1. The van der Waals surface area contributed by atoms with E-state index in [4.69, 9.17) is 16.7 Å². The molecule has 0 saturated carbocycles. The third-order valence-corrected chi connectivity index (χ3v) is 3.43. The molecule has 2 rings (SSSR count). The lowest BCUT2D eigenvalue weighted by molar-refractivity contribution is 0.0698. The normalized spacial score (nSPS) is 10.3. The maximum absolute atomic E-state index is 12.1. The van der Waals surface area contributed by atoms with Crippen molar-refractivity contribution in [1.29, 1.82) is 0 Å². The number of aromatic nitrogens is 1. The molecule has 0 aliphatic carbocycles. The van der Waals surface area contributed by atoms with Crippen LogP contribution in [0.2, 0.25) is 5.02 Å². The van der Waals surface area contributed by atoms with Crippen LogP contribution in [0.15, 0.2) is 34.9 Å². The average molecular weight is 358 g/mol. The van der Waals surface area contributed by atoms with Gasteiger partial charge in [0.05, 0.1) is 10.7 Å². The smallest absolute Gasteiger partial charge is 0.339 e. The minimum Gasteiger partial charge on any atom is -0.478 e. The maximum Gasteiger partial charge on any atom is 0.339 e. The highest BCUT2D eigenvalue weighted by Crippen LogP contribution is 2.25. The molecule has 1 heterocycles. The van der Waals surface area contributed by atoms with Crippen LogP contribution >= 0.6 is 27.5 Å². The fourth-order valence-corrected chi connectivity index (χ4v) is 2.56. The Morgan fingerprint density at radius 3 is 2.65 bits per heavy atom. The van der Waals surface area contributed by atoms with Gasteiger partial charge in [0.2, 0.25) is 0 Å². The lowest BCUT2D eigenvalue weighted by Crippen LogP contribution is -2.17. The van der Waals surface area contributed by atoms with Crippen LogP contribution in [0.5, 0.6) is 0 Å². The standard InChI is InChI=1S/C13H10BrClN2O3/c1-17-6-7(14)5-10(17)12(18)16-9-4-2-3-8(15)11(9)13(19)20/h2-6H,1H3,(H,16,18)(H,19,20). The molecule has 0 fully saturated rings. The highest BCUT2D eigenvalue weighted by Gasteiger charge is 2.18. The largest absolute Gasteiger partial charge is 0.478 e. The Labute approximate surface area is 128 Å². The molecule has 7 heteroatoms. The summed E-state index contributed by atoms with van der Waals surface area (Å²) in [4.78, 5) is 23.3. The summed E-state index contributed by atoms with van der Waals surface area (Å²) in [6.45, 7) is 0. The van der Waals surface area contributed by atoms with Gasteiger partial charge >= 0.3 is 5.97 Å². The van der Waals surface area contributed by atoms with Gasteiger partial charge in [-0.2, -0.15) is 0 Å². The summed E-state index contributed by atoms with van der Waals surface area (Å²) in [6.07, 6.45) is 1.73. The molecule has 0 aliphatic rings.